The third-order valence-corrected chi connectivity index (χ3v) is 4.40. The van der Waals surface area contributed by atoms with Crippen LogP contribution in [-0.2, 0) is 6.54 Å². The van der Waals surface area contributed by atoms with Gasteiger partial charge in [0.15, 0.2) is 0 Å². The Morgan fingerprint density at radius 3 is 2.71 bits per heavy atom. The number of carbonyl (C=O) groups is 2. The molecule has 0 saturated carbocycles. The Hall–Kier alpha value is -1.86. The fourth-order valence-electron chi connectivity index (χ4n) is 1.72. The molecule has 0 aliphatic carbocycles. The summed E-state index contributed by atoms with van der Waals surface area (Å²) >= 11 is 4.87. The maximum atomic E-state index is 11.8. The Morgan fingerprint density at radius 1 is 1.33 bits per heavy atom. The first-order chi connectivity index (χ1) is 9.95. The number of aromatic carboxylic acids is 1. The molecule has 2 amide bonds. The van der Waals surface area contributed by atoms with Crippen molar-refractivity contribution in [3.63, 3.8) is 0 Å². The molecular formula is C14H13BrN2O3S. The molecule has 1 aromatic carbocycles. The maximum absolute atomic E-state index is 11.8. The number of thiophene rings is 1. The van der Waals surface area contributed by atoms with Gasteiger partial charge < -0.3 is 15.7 Å². The highest BCUT2D eigenvalue weighted by atomic mass is 79.9. The lowest BCUT2D eigenvalue weighted by Gasteiger charge is -2.10. The second-order valence-electron chi connectivity index (χ2n) is 4.39. The number of nitrogens with one attached hydrogen (secondary N) is 2. The second-order valence-corrected chi connectivity index (χ2v) is 6.30. The van der Waals surface area contributed by atoms with Crippen molar-refractivity contribution in [3.05, 3.63) is 50.1 Å². The second kappa shape index (κ2) is 6.73. The first kappa shape index (κ1) is 15.5. The summed E-state index contributed by atoms with van der Waals surface area (Å²) in [5.74, 6) is -1.07. The van der Waals surface area contributed by atoms with Gasteiger partial charge in [-0.25, -0.2) is 9.59 Å². The molecule has 0 bridgehead atoms. The number of benzene rings is 1. The van der Waals surface area contributed by atoms with Crippen molar-refractivity contribution in [2.24, 2.45) is 0 Å². The molecule has 0 radical (unpaired) electrons. The average Bonchev–Trinajstić information content (AvgIpc) is 2.84. The number of hydrogen-bond donors (Lipinski definition) is 3. The Bertz CT molecular complexity index is 685. The van der Waals surface area contributed by atoms with Gasteiger partial charge in [0.2, 0.25) is 0 Å². The third-order valence-electron chi connectivity index (χ3n) is 2.70. The molecule has 7 heteroatoms. The standard InChI is InChI=1S/C14H13BrN2O3S/c1-8-2-3-12(11(4-8)13(18)19)17-14(20)16-6-10-5-9(15)7-21-10/h2-5,7H,6H2,1H3,(H,18,19)(H2,16,17,20). The van der Waals surface area contributed by atoms with Gasteiger partial charge in [0.05, 0.1) is 17.8 Å². The number of anilines is 1. The van der Waals surface area contributed by atoms with Gasteiger partial charge in [0, 0.05) is 14.7 Å². The van der Waals surface area contributed by atoms with Crippen LogP contribution in [0.1, 0.15) is 20.8 Å². The summed E-state index contributed by atoms with van der Waals surface area (Å²) in [5.41, 5.74) is 1.17. The van der Waals surface area contributed by atoms with E-state index in [9.17, 15) is 9.59 Å². The van der Waals surface area contributed by atoms with Crippen molar-refractivity contribution in [1.29, 1.82) is 0 Å². The number of halogens is 1. The number of hydrogen-bond acceptors (Lipinski definition) is 3. The fraction of sp³-hybridized carbons (Fsp3) is 0.143. The summed E-state index contributed by atoms with van der Waals surface area (Å²) in [6, 6.07) is 6.33. The van der Waals surface area contributed by atoms with Gasteiger partial charge in [-0.3, -0.25) is 0 Å². The van der Waals surface area contributed by atoms with Crippen LogP contribution in [0.3, 0.4) is 0 Å². The molecule has 1 heterocycles. The lowest BCUT2D eigenvalue weighted by atomic mass is 10.1. The molecule has 0 aliphatic rings. The maximum Gasteiger partial charge on any atom is 0.337 e. The zero-order valence-corrected chi connectivity index (χ0v) is 13.5. The first-order valence-corrected chi connectivity index (χ1v) is 7.74. The topological polar surface area (TPSA) is 78.4 Å². The molecule has 21 heavy (non-hydrogen) atoms. The molecule has 0 spiro atoms. The van der Waals surface area contributed by atoms with Crippen LogP contribution in [0.4, 0.5) is 10.5 Å². The molecule has 0 unspecified atom stereocenters. The zero-order chi connectivity index (χ0) is 15.4. The summed E-state index contributed by atoms with van der Waals surface area (Å²) in [5, 5.41) is 16.3. The molecule has 0 saturated heterocycles. The molecular weight excluding hydrogens is 356 g/mol. The Morgan fingerprint density at radius 2 is 2.10 bits per heavy atom. The van der Waals surface area contributed by atoms with Crippen LogP contribution in [0.2, 0.25) is 0 Å². The van der Waals surface area contributed by atoms with Crippen LogP contribution in [0.15, 0.2) is 34.1 Å². The van der Waals surface area contributed by atoms with E-state index >= 15 is 0 Å². The van der Waals surface area contributed by atoms with E-state index in [0.717, 1.165) is 14.9 Å². The van der Waals surface area contributed by atoms with Crippen molar-refractivity contribution < 1.29 is 14.7 Å². The van der Waals surface area contributed by atoms with E-state index in [1.165, 1.54) is 17.4 Å². The number of rotatable bonds is 4. The van der Waals surface area contributed by atoms with E-state index in [0.29, 0.717) is 6.54 Å². The lowest BCUT2D eigenvalue weighted by Crippen LogP contribution is -2.28. The van der Waals surface area contributed by atoms with Crippen molar-refractivity contribution in [1.82, 2.24) is 5.32 Å². The highest BCUT2D eigenvalue weighted by molar-refractivity contribution is 9.10. The van der Waals surface area contributed by atoms with Crippen molar-refractivity contribution in [2.45, 2.75) is 13.5 Å². The molecule has 0 atom stereocenters. The van der Waals surface area contributed by atoms with Gasteiger partial charge in [-0.1, -0.05) is 11.6 Å². The number of urea groups is 1. The number of carbonyl (C=O) groups excluding carboxylic acids is 1. The summed E-state index contributed by atoms with van der Waals surface area (Å²) in [7, 11) is 0. The normalized spacial score (nSPS) is 10.2. The summed E-state index contributed by atoms with van der Waals surface area (Å²) in [6.07, 6.45) is 0. The fourth-order valence-corrected chi connectivity index (χ4v) is 3.12. The third kappa shape index (κ3) is 4.30. The Kier molecular flexibility index (Phi) is 4.98. The molecule has 0 aliphatic heterocycles. The predicted molar refractivity (Wildman–Crippen MR) is 86.0 cm³/mol. The van der Waals surface area contributed by atoms with Gasteiger partial charge >= 0.3 is 12.0 Å². The van der Waals surface area contributed by atoms with E-state index in [-0.39, 0.29) is 11.3 Å². The van der Waals surface area contributed by atoms with E-state index in [4.69, 9.17) is 5.11 Å². The van der Waals surface area contributed by atoms with Crippen LogP contribution in [0.25, 0.3) is 0 Å². The zero-order valence-electron chi connectivity index (χ0n) is 11.1. The molecule has 0 fully saturated rings. The average molecular weight is 369 g/mol. The summed E-state index contributed by atoms with van der Waals surface area (Å²) < 4.78 is 0.969. The van der Waals surface area contributed by atoms with Gasteiger partial charge in [-0.15, -0.1) is 11.3 Å². The number of carboxylic acid groups (broad SMARTS) is 1. The van der Waals surface area contributed by atoms with E-state index in [2.05, 4.69) is 26.6 Å². The molecule has 2 rings (SSSR count). The molecule has 1 aromatic heterocycles. The highest BCUT2D eigenvalue weighted by Gasteiger charge is 2.12. The van der Waals surface area contributed by atoms with Crippen LogP contribution in [0, 0.1) is 6.92 Å². The minimum absolute atomic E-state index is 0.0732. The Balaban J connectivity index is 2.01. The molecule has 2 aromatic rings. The smallest absolute Gasteiger partial charge is 0.337 e. The number of amides is 2. The predicted octanol–water partition coefficient (Wildman–Crippen LogP) is 3.84. The largest absolute Gasteiger partial charge is 0.478 e. The van der Waals surface area contributed by atoms with Crippen LogP contribution in [-0.4, -0.2) is 17.1 Å². The molecule has 3 N–H and O–H groups in total. The SMILES string of the molecule is Cc1ccc(NC(=O)NCc2cc(Br)cs2)c(C(=O)O)c1. The quantitative estimate of drug-likeness (QED) is 0.766. The van der Waals surface area contributed by atoms with E-state index < -0.39 is 12.0 Å². The van der Waals surface area contributed by atoms with Crippen LogP contribution < -0.4 is 10.6 Å². The monoisotopic (exact) mass is 368 g/mol. The minimum atomic E-state index is -1.07. The highest BCUT2D eigenvalue weighted by Crippen LogP contribution is 2.20. The van der Waals surface area contributed by atoms with Crippen LogP contribution in [0.5, 0.6) is 0 Å². The summed E-state index contributed by atoms with van der Waals surface area (Å²) in [6.45, 7) is 2.18. The lowest BCUT2D eigenvalue weighted by molar-refractivity contribution is 0.0698. The molecule has 110 valence electrons. The van der Waals surface area contributed by atoms with Gasteiger partial charge in [-0.05, 0) is 41.1 Å². The van der Waals surface area contributed by atoms with Gasteiger partial charge in [0.1, 0.15) is 0 Å². The first-order valence-electron chi connectivity index (χ1n) is 6.07. The molecule has 5 nitrogen and oxygen atoms in total. The Labute approximate surface area is 134 Å². The van der Waals surface area contributed by atoms with Gasteiger partial charge in [0.25, 0.3) is 0 Å². The van der Waals surface area contributed by atoms with Crippen LogP contribution >= 0.6 is 27.3 Å². The van der Waals surface area contributed by atoms with E-state index in [1.807, 2.05) is 11.4 Å². The number of aryl methyl sites for hydroxylation is 1. The van der Waals surface area contributed by atoms with Crippen molar-refractivity contribution in [2.75, 3.05) is 5.32 Å². The van der Waals surface area contributed by atoms with E-state index in [1.54, 1.807) is 19.1 Å². The number of carboxylic acids is 1. The van der Waals surface area contributed by atoms with Crippen molar-refractivity contribution in [3.8, 4) is 0 Å². The van der Waals surface area contributed by atoms with Crippen molar-refractivity contribution >= 4 is 45.0 Å². The van der Waals surface area contributed by atoms with Gasteiger partial charge in [-0.2, -0.15) is 0 Å². The summed E-state index contributed by atoms with van der Waals surface area (Å²) in [4.78, 5) is 24.0. The minimum Gasteiger partial charge on any atom is -0.478 e.